The van der Waals surface area contributed by atoms with Gasteiger partial charge in [0.1, 0.15) is 5.82 Å². The van der Waals surface area contributed by atoms with Gasteiger partial charge < -0.3 is 16.4 Å². The largest absolute Gasteiger partial charge is 0.365 e. The Kier molecular flexibility index (Phi) is 2.91. The van der Waals surface area contributed by atoms with Gasteiger partial charge in [-0.05, 0) is 37.3 Å². The summed E-state index contributed by atoms with van der Waals surface area (Å²) in [4.78, 5) is 16.1. The van der Waals surface area contributed by atoms with Crippen LogP contribution in [0, 0.1) is 0 Å². The van der Waals surface area contributed by atoms with Gasteiger partial charge in [0.15, 0.2) is 0 Å². The number of nitrogens with zero attached hydrogens (tertiary/aromatic N) is 1. The van der Waals surface area contributed by atoms with Crippen molar-refractivity contribution >= 4 is 11.7 Å². The Hall–Kier alpha value is -1.62. The van der Waals surface area contributed by atoms with E-state index in [1.807, 2.05) is 6.07 Å². The third-order valence-corrected chi connectivity index (χ3v) is 3.69. The van der Waals surface area contributed by atoms with Gasteiger partial charge in [0, 0.05) is 18.8 Å². The fourth-order valence-corrected chi connectivity index (χ4v) is 2.52. The lowest BCUT2D eigenvalue weighted by molar-refractivity contribution is 0.100. The van der Waals surface area contributed by atoms with Crippen molar-refractivity contribution in [2.75, 3.05) is 18.4 Å². The zero-order valence-electron chi connectivity index (χ0n) is 10.3. The summed E-state index contributed by atoms with van der Waals surface area (Å²) in [5.74, 6) is 0.264. The zero-order valence-corrected chi connectivity index (χ0v) is 10.3. The van der Waals surface area contributed by atoms with Gasteiger partial charge in [-0.25, -0.2) is 4.98 Å². The molecular formula is C13H18N4O. The fourth-order valence-electron chi connectivity index (χ4n) is 2.52. The van der Waals surface area contributed by atoms with Gasteiger partial charge in [-0.3, -0.25) is 4.79 Å². The number of nitrogens with one attached hydrogen (secondary N) is 2. The van der Waals surface area contributed by atoms with Gasteiger partial charge in [-0.15, -0.1) is 0 Å². The second kappa shape index (κ2) is 4.57. The van der Waals surface area contributed by atoms with Crippen molar-refractivity contribution in [3.05, 3.63) is 22.9 Å². The highest BCUT2D eigenvalue weighted by molar-refractivity contribution is 5.97. The van der Waals surface area contributed by atoms with E-state index in [4.69, 9.17) is 5.73 Å². The molecule has 1 fully saturated rings. The number of rotatable bonds is 3. The Morgan fingerprint density at radius 1 is 1.39 bits per heavy atom. The molecular weight excluding hydrogens is 228 g/mol. The fraction of sp³-hybridized carbons (Fsp3) is 0.538. The van der Waals surface area contributed by atoms with Crippen LogP contribution in [0.5, 0.6) is 0 Å². The van der Waals surface area contributed by atoms with Crippen molar-refractivity contribution in [1.82, 2.24) is 10.3 Å². The molecule has 0 aromatic carbocycles. The van der Waals surface area contributed by atoms with E-state index in [2.05, 4.69) is 15.6 Å². The first-order chi connectivity index (χ1) is 8.74. The number of anilines is 1. The zero-order chi connectivity index (χ0) is 12.5. The molecule has 5 heteroatoms. The summed E-state index contributed by atoms with van der Waals surface area (Å²) in [6, 6.07) is 2.29. The van der Waals surface area contributed by atoms with Crippen LogP contribution in [0.1, 0.15) is 34.5 Å². The minimum absolute atomic E-state index is 0.359. The number of hydrogen-bond donors (Lipinski definition) is 3. The summed E-state index contributed by atoms with van der Waals surface area (Å²) in [7, 11) is 0. The molecule has 0 saturated carbocycles. The summed E-state index contributed by atoms with van der Waals surface area (Å²) in [5, 5.41) is 6.49. The summed E-state index contributed by atoms with van der Waals surface area (Å²) < 4.78 is 0. The summed E-state index contributed by atoms with van der Waals surface area (Å²) in [6.07, 6.45) is 4.37. The average molecular weight is 246 g/mol. The maximum absolute atomic E-state index is 11.5. The van der Waals surface area contributed by atoms with Crippen LogP contribution < -0.4 is 16.4 Å². The number of amides is 1. The Labute approximate surface area is 106 Å². The van der Waals surface area contributed by atoms with E-state index in [1.165, 1.54) is 18.4 Å². The molecule has 0 bridgehead atoms. The van der Waals surface area contributed by atoms with Crippen molar-refractivity contribution in [3.8, 4) is 0 Å². The van der Waals surface area contributed by atoms with E-state index in [1.54, 1.807) is 0 Å². The standard InChI is InChI=1S/C13H18N4O/c14-12(18)10-5-8-3-1-2-4-11(8)17-13(10)16-9-6-15-7-9/h5,9,15H,1-4,6-7H2,(H2,14,18)(H,16,17). The first-order valence-electron chi connectivity index (χ1n) is 6.54. The number of aromatic nitrogens is 1. The molecule has 1 aromatic rings. The number of hydrogen-bond acceptors (Lipinski definition) is 4. The molecule has 1 amide bonds. The molecule has 0 radical (unpaired) electrons. The highest BCUT2D eigenvalue weighted by Crippen LogP contribution is 2.25. The van der Waals surface area contributed by atoms with E-state index in [-0.39, 0.29) is 0 Å². The monoisotopic (exact) mass is 246 g/mol. The SMILES string of the molecule is NC(=O)c1cc2c(nc1NC1CNC1)CCCC2. The van der Waals surface area contributed by atoms with Crippen LogP contribution in [-0.4, -0.2) is 30.0 Å². The lowest BCUT2D eigenvalue weighted by Crippen LogP contribution is -2.51. The van der Waals surface area contributed by atoms with Gasteiger partial charge in [0.05, 0.1) is 11.6 Å². The molecule has 1 aliphatic heterocycles. The van der Waals surface area contributed by atoms with E-state index in [0.717, 1.165) is 31.6 Å². The molecule has 1 aliphatic carbocycles. The molecule has 5 nitrogen and oxygen atoms in total. The molecule has 2 aliphatic rings. The van der Waals surface area contributed by atoms with Crippen LogP contribution in [0.15, 0.2) is 6.07 Å². The van der Waals surface area contributed by atoms with Crippen molar-refractivity contribution in [2.45, 2.75) is 31.7 Å². The van der Waals surface area contributed by atoms with Gasteiger partial charge in [0.2, 0.25) is 0 Å². The molecule has 4 N–H and O–H groups in total. The quantitative estimate of drug-likeness (QED) is 0.723. The van der Waals surface area contributed by atoms with E-state index in [0.29, 0.717) is 17.4 Å². The van der Waals surface area contributed by atoms with Crippen molar-refractivity contribution < 1.29 is 4.79 Å². The first kappa shape index (κ1) is 11.5. The second-order valence-corrected chi connectivity index (χ2v) is 5.06. The number of fused-ring (bicyclic) bond motifs is 1. The Morgan fingerprint density at radius 2 is 2.17 bits per heavy atom. The van der Waals surface area contributed by atoms with Crippen LogP contribution in [0.4, 0.5) is 5.82 Å². The Balaban J connectivity index is 1.95. The first-order valence-corrected chi connectivity index (χ1v) is 6.54. The van der Waals surface area contributed by atoms with Crippen LogP contribution in [0.3, 0.4) is 0 Å². The summed E-state index contributed by atoms with van der Waals surface area (Å²) >= 11 is 0. The van der Waals surface area contributed by atoms with Crippen molar-refractivity contribution in [2.24, 2.45) is 5.73 Å². The van der Waals surface area contributed by atoms with Crippen LogP contribution in [0.25, 0.3) is 0 Å². The summed E-state index contributed by atoms with van der Waals surface area (Å²) in [6.45, 7) is 1.83. The molecule has 1 saturated heterocycles. The number of primary amides is 1. The highest BCUT2D eigenvalue weighted by atomic mass is 16.1. The third kappa shape index (κ3) is 2.06. The average Bonchev–Trinajstić information content (AvgIpc) is 2.32. The predicted molar refractivity (Wildman–Crippen MR) is 69.7 cm³/mol. The number of aryl methyl sites for hydroxylation is 2. The predicted octanol–water partition coefficient (Wildman–Crippen LogP) is 0.443. The van der Waals surface area contributed by atoms with E-state index < -0.39 is 5.91 Å². The smallest absolute Gasteiger partial charge is 0.252 e. The topological polar surface area (TPSA) is 80.0 Å². The molecule has 0 unspecified atom stereocenters. The molecule has 3 rings (SSSR count). The number of nitrogens with two attached hydrogens (primary N) is 1. The lowest BCUT2D eigenvalue weighted by Gasteiger charge is -2.29. The molecule has 0 spiro atoms. The number of carbonyl (C=O) groups excluding carboxylic acids is 1. The minimum Gasteiger partial charge on any atom is -0.365 e. The Bertz CT molecular complexity index is 482. The minimum atomic E-state index is -0.398. The molecule has 18 heavy (non-hydrogen) atoms. The van der Waals surface area contributed by atoms with E-state index in [9.17, 15) is 4.79 Å². The van der Waals surface area contributed by atoms with E-state index >= 15 is 0 Å². The molecule has 0 atom stereocenters. The maximum Gasteiger partial charge on any atom is 0.252 e. The highest BCUT2D eigenvalue weighted by Gasteiger charge is 2.22. The maximum atomic E-state index is 11.5. The lowest BCUT2D eigenvalue weighted by atomic mass is 9.94. The van der Waals surface area contributed by atoms with Crippen molar-refractivity contribution in [1.29, 1.82) is 0 Å². The van der Waals surface area contributed by atoms with Crippen LogP contribution in [-0.2, 0) is 12.8 Å². The van der Waals surface area contributed by atoms with Gasteiger partial charge >= 0.3 is 0 Å². The normalized spacial score (nSPS) is 18.9. The van der Waals surface area contributed by atoms with Crippen LogP contribution in [0.2, 0.25) is 0 Å². The molecule has 2 heterocycles. The van der Waals surface area contributed by atoms with Crippen LogP contribution >= 0.6 is 0 Å². The molecule has 1 aromatic heterocycles. The number of pyridine rings is 1. The second-order valence-electron chi connectivity index (χ2n) is 5.06. The molecule has 96 valence electrons. The van der Waals surface area contributed by atoms with Gasteiger partial charge in [0.25, 0.3) is 5.91 Å². The Morgan fingerprint density at radius 3 is 2.83 bits per heavy atom. The van der Waals surface area contributed by atoms with Crippen molar-refractivity contribution in [3.63, 3.8) is 0 Å². The van der Waals surface area contributed by atoms with Gasteiger partial charge in [-0.1, -0.05) is 0 Å². The summed E-state index contributed by atoms with van der Waals surface area (Å²) in [5.41, 5.74) is 8.29. The third-order valence-electron chi connectivity index (χ3n) is 3.69. The van der Waals surface area contributed by atoms with Gasteiger partial charge in [-0.2, -0.15) is 0 Å². The number of carbonyl (C=O) groups is 1.